The number of carbonyl (C=O) groups is 1. The molecule has 0 saturated carbocycles. The van der Waals surface area contributed by atoms with Crippen molar-refractivity contribution in [2.45, 2.75) is 6.04 Å². The summed E-state index contributed by atoms with van der Waals surface area (Å²) in [5, 5.41) is 27.3. The van der Waals surface area contributed by atoms with Gasteiger partial charge in [0, 0.05) is 10.6 Å². The largest absolute Gasteiger partial charge is 0.495 e. The van der Waals surface area contributed by atoms with E-state index in [9.17, 15) is 9.90 Å². The number of aromatic carboxylic acids is 1. The smallest absolute Gasteiger partial charge is 0.335 e. The fourth-order valence-electron chi connectivity index (χ4n) is 2.08. The molecule has 1 unspecified atom stereocenters. The molecule has 0 aromatic heterocycles. The first-order valence-corrected chi connectivity index (χ1v) is 6.73. The first-order chi connectivity index (χ1) is 10.5. The van der Waals surface area contributed by atoms with Gasteiger partial charge in [-0.3, -0.25) is 0 Å². The molecule has 22 heavy (non-hydrogen) atoms. The van der Waals surface area contributed by atoms with Gasteiger partial charge in [0.2, 0.25) is 5.90 Å². The number of halogens is 1. The van der Waals surface area contributed by atoms with E-state index < -0.39 is 12.0 Å². The molecule has 2 N–H and O–H groups in total. The van der Waals surface area contributed by atoms with E-state index in [-0.39, 0.29) is 11.5 Å². The predicted molar refractivity (Wildman–Crippen MR) is 81.8 cm³/mol. The van der Waals surface area contributed by atoms with E-state index in [2.05, 4.69) is 15.2 Å². The molecule has 3 rings (SSSR count). The number of aliphatic hydroxyl groups is 1. The van der Waals surface area contributed by atoms with Gasteiger partial charge in [0.1, 0.15) is 0 Å². The van der Waals surface area contributed by atoms with Crippen molar-refractivity contribution < 1.29 is 15.0 Å². The van der Waals surface area contributed by atoms with E-state index >= 15 is 0 Å². The van der Waals surface area contributed by atoms with Gasteiger partial charge in [-0.2, -0.15) is 10.2 Å². The monoisotopic (exact) mass is 315 g/mol. The molecule has 1 aliphatic rings. The first kappa shape index (κ1) is 14.2. The zero-order chi connectivity index (χ0) is 15.7. The van der Waals surface area contributed by atoms with Crippen molar-refractivity contribution in [1.82, 2.24) is 0 Å². The molecule has 0 bridgehead atoms. The lowest BCUT2D eigenvalue weighted by atomic mass is 10.1. The molecule has 0 amide bonds. The molecule has 0 aliphatic carbocycles. The van der Waals surface area contributed by atoms with Crippen LogP contribution >= 0.6 is 11.6 Å². The average Bonchev–Trinajstić information content (AvgIpc) is 2.80. The number of carboxylic acid groups (broad SMARTS) is 1. The van der Waals surface area contributed by atoms with Crippen molar-refractivity contribution in [2.75, 3.05) is 0 Å². The molecule has 1 heterocycles. The van der Waals surface area contributed by atoms with Crippen LogP contribution in [0.3, 0.4) is 0 Å². The second-order valence-corrected chi connectivity index (χ2v) is 5.08. The Morgan fingerprint density at radius 3 is 2.59 bits per heavy atom. The van der Waals surface area contributed by atoms with Gasteiger partial charge in [-0.05, 0) is 42.5 Å². The maximum Gasteiger partial charge on any atom is 0.335 e. The minimum Gasteiger partial charge on any atom is -0.495 e. The minimum atomic E-state index is -1.01. The molecule has 2 aromatic rings. The molecular weight excluding hydrogens is 306 g/mol. The maximum atomic E-state index is 10.8. The van der Waals surface area contributed by atoms with Crippen molar-refractivity contribution >= 4 is 34.8 Å². The third-order valence-corrected chi connectivity index (χ3v) is 3.40. The number of fused-ring (bicyclic) bond motifs is 1. The second-order valence-electron chi connectivity index (χ2n) is 4.64. The van der Waals surface area contributed by atoms with E-state index in [4.69, 9.17) is 16.7 Å². The highest BCUT2D eigenvalue weighted by atomic mass is 35.5. The van der Waals surface area contributed by atoms with Gasteiger partial charge in [0.15, 0.2) is 6.04 Å². The summed E-state index contributed by atoms with van der Waals surface area (Å²) < 4.78 is 0. The van der Waals surface area contributed by atoms with Gasteiger partial charge in [0.05, 0.1) is 16.9 Å². The van der Waals surface area contributed by atoms with Gasteiger partial charge in [-0.1, -0.05) is 11.6 Å². The van der Waals surface area contributed by atoms with Gasteiger partial charge in [-0.15, -0.1) is 0 Å². The Bertz CT molecular complexity index is 800. The number of hydrogen-bond acceptors (Lipinski definition) is 4. The number of benzene rings is 2. The van der Waals surface area contributed by atoms with Gasteiger partial charge in [0.25, 0.3) is 0 Å². The van der Waals surface area contributed by atoms with Crippen molar-refractivity contribution in [1.29, 1.82) is 0 Å². The fraction of sp³-hybridized carbons (Fsp3) is 0.0667. The van der Waals surface area contributed by atoms with E-state index in [1.165, 1.54) is 24.3 Å². The summed E-state index contributed by atoms with van der Waals surface area (Å²) in [6.45, 7) is 0. The Morgan fingerprint density at radius 1 is 1.18 bits per heavy atom. The summed E-state index contributed by atoms with van der Waals surface area (Å²) in [6, 6.07) is 10.3. The third-order valence-electron chi connectivity index (χ3n) is 3.17. The normalized spacial score (nSPS) is 16.6. The SMILES string of the molecule is O=C(O)c1ccc(/N=N/C2C(O)=Nc3ccc(Cl)cc32)cc1. The van der Waals surface area contributed by atoms with E-state index in [1.807, 2.05) is 0 Å². The van der Waals surface area contributed by atoms with E-state index in [0.717, 1.165) is 0 Å². The highest BCUT2D eigenvalue weighted by molar-refractivity contribution is 6.30. The predicted octanol–water partition coefficient (Wildman–Crippen LogP) is 4.46. The lowest BCUT2D eigenvalue weighted by molar-refractivity contribution is 0.0697. The number of aliphatic imine (C=N–C) groups is 1. The van der Waals surface area contributed by atoms with Crippen LogP contribution in [0.4, 0.5) is 11.4 Å². The van der Waals surface area contributed by atoms with Crippen LogP contribution in [0.15, 0.2) is 57.7 Å². The zero-order valence-electron chi connectivity index (χ0n) is 11.1. The van der Waals surface area contributed by atoms with Crippen LogP contribution in [0.1, 0.15) is 22.0 Å². The van der Waals surface area contributed by atoms with Crippen molar-refractivity contribution in [3.05, 3.63) is 58.6 Å². The highest BCUT2D eigenvalue weighted by Gasteiger charge is 2.27. The molecular formula is C15H10ClN3O3. The van der Waals surface area contributed by atoms with Crippen LogP contribution in [-0.2, 0) is 0 Å². The lowest BCUT2D eigenvalue weighted by Crippen LogP contribution is -2.03. The second kappa shape index (κ2) is 5.57. The van der Waals surface area contributed by atoms with Gasteiger partial charge >= 0.3 is 5.97 Å². The molecule has 1 atom stereocenters. The Balaban J connectivity index is 1.86. The number of azo groups is 1. The van der Waals surface area contributed by atoms with Crippen LogP contribution in [0.25, 0.3) is 0 Å². The first-order valence-electron chi connectivity index (χ1n) is 6.36. The van der Waals surface area contributed by atoms with Gasteiger partial charge in [-0.25, -0.2) is 9.79 Å². The molecule has 0 radical (unpaired) electrons. The third kappa shape index (κ3) is 2.68. The number of carboxylic acids is 1. The van der Waals surface area contributed by atoms with Crippen molar-refractivity contribution in [2.24, 2.45) is 15.2 Å². The number of hydrogen-bond donors (Lipinski definition) is 2. The van der Waals surface area contributed by atoms with Crippen LogP contribution in [0, 0.1) is 0 Å². The lowest BCUT2D eigenvalue weighted by Gasteiger charge is -2.04. The van der Waals surface area contributed by atoms with Gasteiger partial charge < -0.3 is 10.2 Å². The number of rotatable bonds is 3. The summed E-state index contributed by atoms with van der Waals surface area (Å²) in [4.78, 5) is 14.8. The molecule has 6 nitrogen and oxygen atoms in total. The Hall–Kier alpha value is -2.73. The fourth-order valence-corrected chi connectivity index (χ4v) is 2.26. The molecule has 2 aromatic carbocycles. The molecule has 7 heteroatoms. The Morgan fingerprint density at radius 2 is 1.91 bits per heavy atom. The minimum absolute atomic E-state index is 0.150. The topological polar surface area (TPSA) is 94.6 Å². The zero-order valence-corrected chi connectivity index (χ0v) is 11.9. The van der Waals surface area contributed by atoms with E-state index in [1.54, 1.807) is 18.2 Å². The maximum absolute atomic E-state index is 10.8. The Labute approximate surface area is 130 Å². The number of nitrogens with zero attached hydrogens (tertiary/aromatic N) is 3. The van der Waals surface area contributed by atoms with Crippen molar-refractivity contribution in [3.8, 4) is 0 Å². The molecule has 1 aliphatic heterocycles. The van der Waals surface area contributed by atoms with Crippen LogP contribution in [-0.4, -0.2) is 22.1 Å². The molecule has 110 valence electrons. The summed E-state index contributed by atoms with van der Waals surface area (Å²) in [6.07, 6.45) is 0. The summed E-state index contributed by atoms with van der Waals surface area (Å²) >= 11 is 5.94. The summed E-state index contributed by atoms with van der Waals surface area (Å²) in [7, 11) is 0. The standard InChI is InChI=1S/C15H10ClN3O3/c16-9-3-6-12-11(7-9)13(14(20)17-12)19-18-10-4-1-8(2-5-10)15(21)22/h1-7,13H,(H,17,20)(H,21,22)/b19-18+. The average molecular weight is 316 g/mol. The molecule has 0 saturated heterocycles. The van der Waals surface area contributed by atoms with Crippen LogP contribution < -0.4 is 0 Å². The molecule has 0 fully saturated rings. The van der Waals surface area contributed by atoms with Crippen molar-refractivity contribution in [3.63, 3.8) is 0 Å². The highest BCUT2D eigenvalue weighted by Crippen LogP contribution is 2.37. The van der Waals surface area contributed by atoms with Crippen LogP contribution in [0.5, 0.6) is 0 Å². The Kier molecular flexibility index (Phi) is 3.60. The van der Waals surface area contributed by atoms with Crippen LogP contribution in [0.2, 0.25) is 5.02 Å². The summed E-state index contributed by atoms with van der Waals surface area (Å²) in [5.74, 6) is -1.16. The van der Waals surface area contributed by atoms with E-state index in [0.29, 0.717) is 22.0 Å². The molecule has 0 spiro atoms. The summed E-state index contributed by atoms with van der Waals surface area (Å²) in [5.41, 5.74) is 1.93. The number of aliphatic hydroxyl groups excluding tert-OH is 1. The quantitative estimate of drug-likeness (QED) is 0.818.